The number of ether oxygens (including phenoxy) is 1. The lowest BCUT2D eigenvalue weighted by Gasteiger charge is -1.85. The first-order valence-electron chi connectivity index (χ1n) is 3.53. The Morgan fingerprint density at radius 3 is 2.78 bits per heavy atom. The molecule has 2 nitrogen and oxygen atoms in total. The van der Waals surface area contributed by atoms with E-state index in [0.29, 0.717) is 12.2 Å². The standard InChI is InChI=1S/C7H13NO/c1-2-6-7(9-6)4-3-5-8/h5-8H,2-4H2,1H3. The summed E-state index contributed by atoms with van der Waals surface area (Å²) in [4.78, 5) is 0. The maximum absolute atomic E-state index is 6.77. The molecule has 0 aromatic carbocycles. The Bertz CT molecular complexity index is 103. The zero-order chi connectivity index (χ0) is 6.69. The summed E-state index contributed by atoms with van der Waals surface area (Å²) < 4.78 is 5.26. The summed E-state index contributed by atoms with van der Waals surface area (Å²) in [7, 11) is 0. The lowest BCUT2D eigenvalue weighted by Crippen LogP contribution is -1.91. The molecule has 1 saturated heterocycles. The first kappa shape index (κ1) is 6.75. The lowest BCUT2D eigenvalue weighted by atomic mass is 10.2. The molecule has 1 N–H and O–H groups in total. The molecule has 1 heterocycles. The second-order valence-corrected chi connectivity index (χ2v) is 2.40. The maximum atomic E-state index is 6.77. The molecule has 0 aliphatic carbocycles. The molecule has 9 heavy (non-hydrogen) atoms. The minimum atomic E-state index is 0.483. The molecule has 0 amide bonds. The van der Waals surface area contributed by atoms with E-state index in [1.54, 1.807) is 0 Å². The van der Waals surface area contributed by atoms with Gasteiger partial charge in [0, 0.05) is 0 Å². The number of nitrogens with one attached hydrogen (secondary N) is 1. The lowest BCUT2D eigenvalue weighted by molar-refractivity contribution is 0.361. The first-order valence-corrected chi connectivity index (χ1v) is 3.53. The summed E-state index contributed by atoms with van der Waals surface area (Å²) in [5, 5.41) is 6.77. The van der Waals surface area contributed by atoms with Gasteiger partial charge in [-0.25, -0.2) is 0 Å². The van der Waals surface area contributed by atoms with Crippen molar-refractivity contribution in [3.05, 3.63) is 0 Å². The number of epoxide rings is 1. The third-order valence-corrected chi connectivity index (χ3v) is 1.69. The van der Waals surface area contributed by atoms with Crippen LogP contribution in [0.15, 0.2) is 0 Å². The minimum absolute atomic E-state index is 0.483. The SMILES string of the molecule is CCC1OC1CCC=N. The van der Waals surface area contributed by atoms with E-state index >= 15 is 0 Å². The normalized spacial score (nSPS) is 32.1. The number of hydrogen-bond donors (Lipinski definition) is 1. The van der Waals surface area contributed by atoms with Crippen LogP contribution < -0.4 is 0 Å². The molecule has 1 aliphatic heterocycles. The molecule has 2 atom stereocenters. The molecular weight excluding hydrogens is 114 g/mol. The molecule has 0 spiro atoms. The van der Waals surface area contributed by atoms with Gasteiger partial charge < -0.3 is 10.1 Å². The fraction of sp³-hybridized carbons (Fsp3) is 0.857. The number of hydrogen-bond acceptors (Lipinski definition) is 2. The third-order valence-electron chi connectivity index (χ3n) is 1.69. The van der Waals surface area contributed by atoms with Crippen molar-refractivity contribution in [1.82, 2.24) is 0 Å². The van der Waals surface area contributed by atoms with Crippen LogP contribution in [-0.4, -0.2) is 18.4 Å². The van der Waals surface area contributed by atoms with E-state index in [0.717, 1.165) is 19.3 Å². The van der Waals surface area contributed by atoms with Crippen molar-refractivity contribution in [2.24, 2.45) is 0 Å². The van der Waals surface area contributed by atoms with E-state index in [4.69, 9.17) is 10.1 Å². The van der Waals surface area contributed by atoms with Gasteiger partial charge in [-0.1, -0.05) is 6.92 Å². The molecular formula is C7H13NO. The van der Waals surface area contributed by atoms with Gasteiger partial charge in [0.25, 0.3) is 0 Å². The Hall–Kier alpha value is -0.370. The van der Waals surface area contributed by atoms with E-state index in [-0.39, 0.29) is 0 Å². The molecule has 0 aromatic rings. The monoisotopic (exact) mass is 127 g/mol. The second kappa shape index (κ2) is 2.97. The molecule has 0 bridgehead atoms. The Morgan fingerprint density at radius 1 is 1.56 bits per heavy atom. The van der Waals surface area contributed by atoms with Crippen LogP contribution in [0.4, 0.5) is 0 Å². The first-order chi connectivity index (χ1) is 4.38. The minimum Gasteiger partial charge on any atom is -0.370 e. The smallest absolute Gasteiger partial charge is 0.0845 e. The summed E-state index contributed by atoms with van der Waals surface area (Å²) >= 11 is 0. The Labute approximate surface area is 55.7 Å². The molecule has 1 fully saturated rings. The number of rotatable bonds is 4. The van der Waals surface area contributed by atoms with Crippen LogP contribution in [0.1, 0.15) is 26.2 Å². The van der Waals surface area contributed by atoms with Crippen LogP contribution in [-0.2, 0) is 4.74 Å². The van der Waals surface area contributed by atoms with Crippen molar-refractivity contribution in [3.8, 4) is 0 Å². The van der Waals surface area contributed by atoms with Gasteiger partial charge in [-0.15, -0.1) is 0 Å². The van der Waals surface area contributed by atoms with Crippen LogP contribution in [0.25, 0.3) is 0 Å². The van der Waals surface area contributed by atoms with Gasteiger partial charge >= 0.3 is 0 Å². The summed E-state index contributed by atoms with van der Waals surface area (Å²) in [6.45, 7) is 2.13. The fourth-order valence-corrected chi connectivity index (χ4v) is 1.04. The summed E-state index contributed by atoms with van der Waals surface area (Å²) in [5.74, 6) is 0. The molecule has 52 valence electrons. The van der Waals surface area contributed by atoms with E-state index < -0.39 is 0 Å². The van der Waals surface area contributed by atoms with Crippen LogP contribution in [0.5, 0.6) is 0 Å². The van der Waals surface area contributed by atoms with Crippen LogP contribution in [0.3, 0.4) is 0 Å². The van der Waals surface area contributed by atoms with E-state index in [2.05, 4.69) is 6.92 Å². The average molecular weight is 127 g/mol. The zero-order valence-electron chi connectivity index (χ0n) is 5.76. The molecule has 0 radical (unpaired) electrons. The van der Waals surface area contributed by atoms with Gasteiger partial charge in [0.2, 0.25) is 0 Å². The van der Waals surface area contributed by atoms with Gasteiger partial charge in [0.1, 0.15) is 0 Å². The Morgan fingerprint density at radius 2 is 2.33 bits per heavy atom. The summed E-state index contributed by atoms with van der Waals surface area (Å²) in [5.41, 5.74) is 0. The van der Waals surface area contributed by atoms with Gasteiger partial charge in [0.05, 0.1) is 12.2 Å². The summed E-state index contributed by atoms with van der Waals surface area (Å²) in [6, 6.07) is 0. The van der Waals surface area contributed by atoms with Crippen molar-refractivity contribution in [1.29, 1.82) is 5.41 Å². The quantitative estimate of drug-likeness (QED) is 0.452. The van der Waals surface area contributed by atoms with Crippen LogP contribution in [0, 0.1) is 5.41 Å². The van der Waals surface area contributed by atoms with Crippen molar-refractivity contribution in [2.75, 3.05) is 0 Å². The van der Waals surface area contributed by atoms with E-state index in [1.165, 1.54) is 6.21 Å². The summed E-state index contributed by atoms with van der Waals surface area (Å²) in [6.07, 6.45) is 5.50. The highest BCUT2D eigenvalue weighted by Gasteiger charge is 2.35. The van der Waals surface area contributed by atoms with Crippen LogP contribution >= 0.6 is 0 Å². The molecule has 1 rings (SSSR count). The van der Waals surface area contributed by atoms with E-state index in [1.807, 2.05) is 0 Å². The fourth-order valence-electron chi connectivity index (χ4n) is 1.04. The van der Waals surface area contributed by atoms with Gasteiger partial charge in [-0.3, -0.25) is 0 Å². The van der Waals surface area contributed by atoms with E-state index in [9.17, 15) is 0 Å². The molecule has 1 aliphatic rings. The predicted octanol–water partition coefficient (Wildman–Crippen LogP) is 1.59. The highest BCUT2D eigenvalue weighted by Crippen LogP contribution is 2.28. The topological polar surface area (TPSA) is 36.4 Å². The molecule has 2 unspecified atom stereocenters. The Balaban J connectivity index is 1.98. The largest absolute Gasteiger partial charge is 0.370 e. The van der Waals surface area contributed by atoms with Crippen molar-refractivity contribution in [2.45, 2.75) is 38.4 Å². The van der Waals surface area contributed by atoms with Crippen molar-refractivity contribution in [3.63, 3.8) is 0 Å². The zero-order valence-corrected chi connectivity index (χ0v) is 5.76. The second-order valence-electron chi connectivity index (χ2n) is 2.40. The van der Waals surface area contributed by atoms with Gasteiger partial charge in [-0.2, -0.15) is 0 Å². The Kier molecular flexibility index (Phi) is 2.22. The highest BCUT2D eigenvalue weighted by atomic mass is 16.6. The van der Waals surface area contributed by atoms with Gasteiger partial charge in [-0.05, 0) is 25.5 Å². The van der Waals surface area contributed by atoms with Crippen molar-refractivity contribution < 1.29 is 4.74 Å². The molecule has 0 saturated carbocycles. The highest BCUT2D eigenvalue weighted by molar-refractivity contribution is 5.52. The van der Waals surface area contributed by atoms with Crippen LogP contribution in [0.2, 0.25) is 0 Å². The van der Waals surface area contributed by atoms with Gasteiger partial charge in [0.15, 0.2) is 0 Å². The molecule has 2 heteroatoms. The molecule has 0 aromatic heterocycles. The average Bonchev–Trinajstić information content (AvgIpc) is 2.62. The maximum Gasteiger partial charge on any atom is 0.0845 e. The van der Waals surface area contributed by atoms with Crippen molar-refractivity contribution >= 4 is 6.21 Å². The predicted molar refractivity (Wildman–Crippen MR) is 37.0 cm³/mol. The third kappa shape index (κ3) is 1.79.